The molecule has 20 heavy (non-hydrogen) atoms. The summed E-state index contributed by atoms with van der Waals surface area (Å²) < 4.78 is 10.6. The van der Waals surface area contributed by atoms with Gasteiger partial charge in [0.05, 0.1) is 6.21 Å². The fourth-order valence-electron chi connectivity index (χ4n) is 2.14. The standard InChI is InChI=1S/C14H17N3O2.ClH/c1-2-4-14(15-7-3-1)17-16-9-11-5-6-12-13(8-11)19-10-18-12;/h5-6,8-9H,1-4,7,10H2,(H,15,17);1H/p-1/b16-9+;. The van der Waals surface area contributed by atoms with E-state index in [1.165, 1.54) is 19.3 Å². The fraction of sp³-hybridized carbons (Fsp3) is 0.429. The molecular formula is C14H17ClN3O2-. The van der Waals surface area contributed by atoms with Crippen LogP contribution in [0.3, 0.4) is 0 Å². The second-order valence-corrected chi connectivity index (χ2v) is 4.62. The lowest BCUT2D eigenvalue weighted by atomic mass is 10.2. The van der Waals surface area contributed by atoms with Crippen molar-refractivity contribution in [3.63, 3.8) is 0 Å². The fourth-order valence-corrected chi connectivity index (χ4v) is 2.14. The number of aliphatic imine (C=N–C) groups is 1. The van der Waals surface area contributed by atoms with E-state index in [4.69, 9.17) is 9.47 Å². The predicted molar refractivity (Wildman–Crippen MR) is 74.1 cm³/mol. The van der Waals surface area contributed by atoms with Crippen molar-refractivity contribution in [2.75, 3.05) is 13.3 Å². The minimum Gasteiger partial charge on any atom is -1.00 e. The van der Waals surface area contributed by atoms with Crippen LogP contribution in [0.25, 0.3) is 0 Å². The topological polar surface area (TPSA) is 55.2 Å². The van der Waals surface area contributed by atoms with Crippen LogP contribution in [0.2, 0.25) is 0 Å². The van der Waals surface area contributed by atoms with Crippen molar-refractivity contribution in [1.29, 1.82) is 0 Å². The van der Waals surface area contributed by atoms with Crippen LogP contribution in [0.1, 0.15) is 31.2 Å². The van der Waals surface area contributed by atoms with Crippen molar-refractivity contribution in [2.45, 2.75) is 25.7 Å². The van der Waals surface area contributed by atoms with E-state index in [1.807, 2.05) is 18.2 Å². The van der Waals surface area contributed by atoms with Crippen LogP contribution in [0, 0.1) is 0 Å². The highest BCUT2D eigenvalue weighted by atomic mass is 35.5. The van der Waals surface area contributed by atoms with Gasteiger partial charge < -0.3 is 21.9 Å². The Morgan fingerprint density at radius 2 is 2.05 bits per heavy atom. The molecule has 0 bridgehead atoms. The number of ether oxygens (including phenoxy) is 2. The number of fused-ring (bicyclic) bond motifs is 1. The van der Waals surface area contributed by atoms with Gasteiger partial charge in [0.15, 0.2) is 11.5 Å². The average molecular weight is 295 g/mol. The maximum absolute atomic E-state index is 5.32. The molecule has 6 heteroatoms. The SMILES string of the molecule is C(=N\NC1=NCCCCC1)/c1ccc2c(c1)OCO2.[Cl-]. The van der Waals surface area contributed by atoms with Gasteiger partial charge in [0, 0.05) is 13.0 Å². The first-order valence-electron chi connectivity index (χ1n) is 6.64. The van der Waals surface area contributed by atoms with Crippen molar-refractivity contribution < 1.29 is 21.9 Å². The summed E-state index contributed by atoms with van der Waals surface area (Å²) in [5, 5.41) is 4.23. The van der Waals surface area contributed by atoms with Gasteiger partial charge in [-0.1, -0.05) is 6.42 Å². The van der Waals surface area contributed by atoms with Crippen LogP contribution in [-0.2, 0) is 0 Å². The Kier molecular flexibility index (Phi) is 5.24. The molecule has 2 heterocycles. The predicted octanol–water partition coefficient (Wildman–Crippen LogP) is -0.685. The monoisotopic (exact) mass is 294 g/mol. The zero-order valence-electron chi connectivity index (χ0n) is 11.1. The third-order valence-corrected chi connectivity index (χ3v) is 3.18. The van der Waals surface area contributed by atoms with Gasteiger partial charge in [0.2, 0.25) is 6.79 Å². The Labute approximate surface area is 124 Å². The van der Waals surface area contributed by atoms with E-state index in [9.17, 15) is 0 Å². The van der Waals surface area contributed by atoms with Crippen molar-refractivity contribution in [3.05, 3.63) is 23.8 Å². The first kappa shape index (κ1) is 14.7. The molecule has 1 aromatic rings. The molecule has 0 amide bonds. The van der Waals surface area contributed by atoms with Crippen molar-refractivity contribution in [3.8, 4) is 11.5 Å². The highest BCUT2D eigenvalue weighted by molar-refractivity contribution is 5.85. The molecule has 3 rings (SSSR count). The Morgan fingerprint density at radius 3 is 3.00 bits per heavy atom. The van der Waals surface area contributed by atoms with Crippen LogP contribution in [0.4, 0.5) is 0 Å². The van der Waals surface area contributed by atoms with Crippen LogP contribution < -0.4 is 27.3 Å². The number of hydrogen-bond acceptors (Lipinski definition) is 5. The quantitative estimate of drug-likeness (QED) is 0.581. The number of nitrogens with one attached hydrogen (secondary N) is 1. The lowest BCUT2D eigenvalue weighted by molar-refractivity contribution is -0.00000550. The van der Waals surface area contributed by atoms with Crippen molar-refractivity contribution >= 4 is 12.1 Å². The van der Waals surface area contributed by atoms with E-state index in [0.29, 0.717) is 6.79 Å². The number of amidine groups is 1. The number of rotatable bonds is 2. The van der Waals surface area contributed by atoms with Crippen LogP contribution in [-0.4, -0.2) is 25.4 Å². The highest BCUT2D eigenvalue weighted by Gasteiger charge is 2.12. The number of hydrazone groups is 1. The molecule has 0 unspecified atom stereocenters. The molecular weight excluding hydrogens is 278 g/mol. The molecule has 5 nitrogen and oxygen atoms in total. The van der Waals surface area contributed by atoms with Gasteiger partial charge in [-0.2, -0.15) is 5.10 Å². The second kappa shape index (κ2) is 7.14. The van der Waals surface area contributed by atoms with Crippen LogP contribution >= 0.6 is 0 Å². The normalized spacial score (nSPS) is 17.3. The van der Waals surface area contributed by atoms with Crippen molar-refractivity contribution in [2.24, 2.45) is 10.1 Å². The highest BCUT2D eigenvalue weighted by Crippen LogP contribution is 2.31. The second-order valence-electron chi connectivity index (χ2n) is 4.62. The van der Waals surface area contributed by atoms with Gasteiger partial charge in [-0.15, -0.1) is 0 Å². The Balaban J connectivity index is 0.00000147. The van der Waals surface area contributed by atoms with Gasteiger partial charge in [-0.3, -0.25) is 10.4 Å². The van der Waals surface area contributed by atoms with Crippen molar-refractivity contribution in [1.82, 2.24) is 5.43 Å². The minimum atomic E-state index is 0. The maximum Gasteiger partial charge on any atom is 0.231 e. The summed E-state index contributed by atoms with van der Waals surface area (Å²) >= 11 is 0. The zero-order valence-corrected chi connectivity index (χ0v) is 11.9. The smallest absolute Gasteiger partial charge is 0.231 e. The molecule has 0 atom stereocenters. The molecule has 0 fully saturated rings. The van der Waals surface area contributed by atoms with Crippen LogP contribution in [0.15, 0.2) is 28.3 Å². The largest absolute Gasteiger partial charge is 1.00 e. The van der Waals surface area contributed by atoms with Gasteiger partial charge in [-0.25, -0.2) is 0 Å². The molecule has 2 aliphatic rings. The van der Waals surface area contributed by atoms with E-state index < -0.39 is 0 Å². The molecule has 108 valence electrons. The first-order chi connectivity index (χ1) is 9.42. The summed E-state index contributed by atoms with van der Waals surface area (Å²) in [5.74, 6) is 2.54. The van der Waals surface area contributed by atoms with Gasteiger partial charge in [0.25, 0.3) is 0 Å². The number of benzene rings is 1. The van der Waals surface area contributed by atoms with E-state index in [0.717, 1.165) is 35.9 Å². The molecule has 0 radical (unpaired) electrons. The summed E-state index contributed by atoms with van der Waals surface area (Å²) in [6, 6.07) is 5.77. The molecule has 0 saturated carbocycles. The Hall–Kier alpha value is -1.75. The molecule has 0 saturated heterocycles. The molecule has 0 aliphatic carbocycles. The maximum atomic E-state index is 5.32. The number of nitrogens with zero attached hydrogens (tertiary/aromatic N) is 2. The van der Waals surface area contributed by atoms with Gasteiger partial charge >= 0.3 is 0 Å². The molecule has 0 aromatic heterocycles. The summed E-state index contributed by atoms with van der Waals surface area (Å²) in [7, 11) is 0. The van der Waals surface area contributed by atoms with Crippen LogP contribution in [0.5, 0.6) is 11.5 Å². The summed E-state index contributed by atoms with van der Waals surface area (Å²) in [6.45, 7) is 1.20. The Morgan fingerprint density at radius 1 is 1.15 bits per heavy atom. The van der Waals surface area contributed by atoms with E-state index in [1.54, 1.807) is 6.21 Å². The molecule has 0 spiro atoms. The van der Waals surface area contributed by atoms with E-state index in [-0.39, 0.29) is 12.4 Å². The lowest BCUT2D eigenvalue weighted by Crippen LogP contribution is -3.00. The molecule has 1 aromatic carbocycles. The average Bonchev–Trinajstić information content (AvgIpc) is 2.74. The molecule has 1 N–H and O–H groups in total. The summed E-state index contributed by atoms with van der Waals surface area (Å²) in [4.78, 5) is 4.46. The first-order valence-corrected chi connectivity index (χ1v) is 6.64. The van der Waals surface area contributed by atoms with E-state index in [2.05, 4.69) is 15.5 Å². The van der Waals surface area contributed by atoms with Gasteiger partial charge in [-0.05, 0) is 36.6 Å². The summed E-state index contributed by atoms with van der Waals surface area (Å²) in [5.41, 5.74) is 4.00. The van der Waals surface area contributed by atoms with E-state index >= 15 is 0 Å². The number of hydrogen-bond donors (Lipinski definition) is 1. The third-order valence-electron chi connectivity index (χ3n) is 3.18. The van der Waals surface area contributed by atoms with Gasteiger partial charge in [0.1, 0.15) is 5.84 Å². The summed E-state index contributed by atoms with van der Waals surface area (Å²) in [6.07, 6.45) is 6.37. The third kappa shape index (κ3) is 3.63. The molecule has 2 aliphatic heterocycles. The zero-order chi connectivity index (χ0) is 12.9. The Bertz CT molecular complexity index is 517. The lowest BCUT2D eigenvalue weighted by Gasteiger charge is -2.02. The number of halogens is 1. The minimum absolute atomic E-state index is 0.